The third-order valence-corrected chi connectivity index (χ3v) is 5.13. The Balaban J connectivity index is 1.55. The van der Waals surface area contributed by atoms with Crippen LogP contribution in [0.2, 0.25) is 0 Å². The van der Waals surface area contributed by atoms with E-state index in [0.717, 1.165) is 24.2 Å². The molecule has 0 atom stereocenters. The maximum Gasteiger partial charge on any atom is 0.226 e. The molecule has 0 radical (unpaired) electrons. The van der Waals surface area contributed by atoms with Crippen LogP contribution in [0.1, 0.15) is 12.1 Å². The molecule has 31 heavy (non-hydrogen) atoms. The highest BCUT2D eigenvalue weighted by molar-refractivity contribution is 5.77. The first-order valence-corrected chi connectivity index (χ1v) is 10.1. The monoisotopic (exact) mass is 423 g/mol. The summed E-state index contributed by atoms with van der Waals surface area (Å²) in [7, 11) is 0. The van der Waals surface area contributed by atoms with E-state index in [4.69, 9.17) is 24.2 Å². The lowest BCUT2D eigenvalue weighted by atomic mass is 10.1. The highest BCUT2D eigenvalue weighted by Crippen LogP contribution is 2.33. The standard InChI is InChI=1S/C22H22FN5O3/c1-14-12-30-21(31-13-14)20-26-18(15-2-4-16(23)5-3-15)19(27-20)17-6-7-24-22(25-17)28-8-10-29-11-9-28/h2-7,21H,1,8-13H2,(H,26,27). The summed E-state index contributed by atoms with van der Waals surface area (Å²) < 4.78 is 30.4. The van der Waals surface area contributed by atoms with E-state index in [2.05, 4.69) is 21.4 Å². The molecule has 0 unspecified atom stereocenters. The van der Waals surface area contributed by atoms with Gasteiger partial charge in [-0.3, -0.25) is 0 Å². The Labute approximate surface area is 178 Å². The molecule has 3 aromatic rings. The van der Waals surface area contributed by atoms with Crippen LogP contribution in [0.4, 0.5) is 10.3 Å². The fourth-order valence-electron chi connectivity index (χ4n) is 3.54. The van der Waals surface area contributed by atoms with Crippen molar-refractivity contribution < 1.29 is 18.6 Å². The first-order chi connectivity index (χ1) is 15.2. The summed E-state index contributed by atoms with van der Waals surface area (Å²) in [6.45, 7) is 7.43. The molecule has 5 rings (SSSR count). The summed E-state index contributed by atoms with van der Waals surface area (Å²) in [5, 5.41) is 0. The minimum absolute atomic E-state index is 0.310. The molecule has 8 nitrogen and oxygen atoms in total. The lowest BCUT2D eigenvalue weighted by molar-refractivity contribution is -0.165. The molecule has 0 spiro atoms. The number of ether oxygens (including phenoxy) is 3. The lowest BCUT2D eigenvalue weighted by Crippen LogP contribution is -2.37. The summed E-state index contributed by atoms with van der Waals surface area (Å²) >= 11 is 0. The number of imidazole rings is 1. The third-order valence-electron chi connectivity index (χ3n) is 5.13. The van der Waals surface area contributed by atoms with Crippen LogP contribution in [0.5, 0.6) is 0 Å². The molecule has 0 bridgehead atoms. The number of halogens is 1. The third kappa shape index (κ3) is 4.20. The Hall–Kier alpha value is -3.14. The van der Waals surface area contributed by atoms with Crippen molar-refractivity contribution >= 4 is 5.95 Å². The molecule has 1 aromatic carbocycles. The van der Waals surface area contributed by atoms with Gasteiger partial charge in [0.25, 0.3) is 0 Å². The Morgan fingerprint density at radius 2 is 1.77 bits per heavy atom. The predicted molar refractivity (Wildman–Crippen MR) is 112 cm³/mol. The van der Waals surface area contributed by atoms with Crippen molar-refractivity contribution in [2.75, 3.05) is 44.4 Å². The minimum Gasteiger partial charge on any atom is -0.378 e. The van der Waals surface area contributed by atoms with Gasteiger partial charge in [0.05, 0.1) is 43.5 Å². The van der Waals surface area contributed by atoms with Gasteiger partial charge < -0.3 is 24.1 Å². The number of morpholine rings is 1. The van der Waals surface area contributed by atoms with Crippen molar-refractivity contribution in [1.82, 2.24) is 19.9 Å². The van der Waals surface area contributed by atoms with Crippen LogP contribution in [-0.4, -0.2) is 59.5 Å². The second kappa shape index (κ2) is 8.54. The molecule has 2 aromatic heterocycles. The zero-order chi connectivity index (χ0) is 21.2. The molecule has 0 aliphatic carbocycles. The number of H-pyrrole nitrogens is 1. The van der Waals surface area contributed by atoms with Gasteiger partial charge in [-0.15, -0.1) is 0 Å². The van der Waals surface area contributed by atoms with Gasteiger partial charge in [0, 0.05) is 24.8 Å². The summed E-state index contributed by atoms with van der Waals surface area (Å²) in [5.74, 6) is 0.840. The molecule has 0 amide bonds. The van der Waals surface area contributed by atoms with E-state index in [1.807, 2.05) is 6.07 Å². The van der Waals surface area contributed by atoms with Crippen molar-refractivity contribution in [3.63, 3.8) is 0 Å². The first-order valence-electron chi connectivity index (χ1n) is 10.1. The Morgan fingerprint density at radius 3 is 2.52 bits per heavy atom. The molecule has 9 heteroatoms. The average Bonchev–Trinajstić information content (AvgIpc) is 3.26. The van der Waals surface area contributed by atoms with Gasteiger partial charge in [0.1, 0.15) is 5.82 Å². The van der Waals surface area contributed by atoms with Crippen molar-refractivity contribution in [2.24, 2.45) is 0 Å². The number of benzene rings is 1. The van der Waals surface area contributed by atoms with E-state index < -0.39 is 6.29 Å². The maximum atomic E-state index is 13.5. The smallest absolute Gasteiger partial charge is 0.226 e. The van der Waals surface area contributed by atoms with Crippen molar-refractivity contribution in [2.45, 2.75) is 6.29 Å². The van der Waals surface area contributed by atoms with Crippen LogP contribution in [0, 0.1) is 5.82 Å². The molecule has 2 aliphatic rings. The van der Waals surface area contributed by atoms with Crippen molar-refractivity contribution in [3.8, 4) is 22.6 Å². The first kappa shape index (κ1) is 19.8. The molecule has 2 fully saturated rings. The van der Waals surface area contributed by atoms with Crippen LogP contribution in [0.15, 0.2) is 48.7 Å². The number of anilines is 1. The van der Waals surface area contributed by atoms with Crippen LogP contribution in [-0.2, 0) is 14.2 Å². The van der Waals surface area contributed by atoms with E-state index in [-0.39, 0.29) is 5.82 Å². The number of nitrogens with zero attached hydrogens (tertiary/aromatic N) is 4. The Morgan fingerprint density at radius 1 is 1.03 bits per heavy atom. The molecular formula is C22H22FN5O3. The molecule has 0 saturated carbocycles. The van der Waals surface area contributed by atoms with Crippen LogP contribution >= 0.6 is 0 Å². The number of aromatic amines is 1. The van der Waals surface area contributed by atoms with Gasteiger partial charge in [-0.2, -0.15) is 0 Å². The summed E-state index contributed by atoms with van der Waals surface area (Å²) in [6, 6.07) is 8.01. The summed E-state index contributed by atoms with van der Waals surface area (Å²) in [6.07, 6.45) is 1.08. The lowest BCUT2D eigenvalue weighted by Gasteiger charge is -2.26. The zero-order valence-electron chi connectivity index (χ0n) is 16.9. The van der Waals surface area contributed by atoms with E-state index >= 15 is 0 Å². The van der Waals surface area contributed by atoms with E-state index in [0.29, 0.717) is 55.3 Å². The fraction of sp³-hybridized carbons (Fsp3) is 0.318. The minimum atomic E-state index is -0.640. The van der Waals surface area contributed by atoms with Gasteiger partial charge in [-0.05, 0) is 35.9 Å². The van der Waals surface area contributed by atoms with Gasteiger partial charge in [0.2, 0.25) is 12.2 Å². The normalized spacial score (nSPS) is 17.8. The Kier molecular flexibility index (Phi) is 5.46. The van der Waals surface area contributed by atoms with Gasteiger partial charge >= 0.3 is 0 Å². The van der Waals surface area contributed by atoms with Gasteiger partial charge in [0.15, 0.2) is 5.82 Å². The number of hydrogen-bond acceptors (Lipinski definition) is 7. The fourth-order valence-corrected chi connectivity index (χ4v) is 3.54. The predicted octanol–water partition coefficient (Wildman–Crippen LogP) is 3.11. The van der Waals surface area contributed by atoms with Gasteiger partial charge in [-0.25, -0.2) is 19.3 Å². The second-order valence-electron chi connectivity index (χ2n) is 7.40. The Bertz CT molecular complexity index is 1070. The van der Waals surface area contributed by atoms with Gasteiger partial charge in [-0.1, -0.05) is 6.58 Å². The zero-order valence-corrected chi connectivity index (χ0v) is 16.9. The largest absolute Gasteiger partial charge is 0.378 e. The molecule has 2 aliphatic heterocycles. The highest BCUT2D eigenvalue weighted by atomic mass is 19.1. The summed E-state index contributed by atoms with van der Waals surface area (Å²) in [5.41, 5.74) is 3.63. The summed E-state index contributed by atoms with van der Waals surface area (Å²) in [4.78, 5) is 19.3. The number of rotatable bonds is 4. The van der Waals surface area contributed by atoms with Crippen LogP contribution in [0.3, 0.4) is 0 Å². The highest BCUT2D eigenvalue weighted by Gasteiger charge is 2.25. The number of aromatic nitrogens is 4. The van der Waals surface area contributed by atoms with Crippen molar-refractivity contribution in [3.05, 3.63) is 60.3 Å². The van der Waals surface area contributed by atoms with Crippen molar-refractivity contribution in [1.29, 1.82) is 0 Å². The second-order valence-corrected chi connectivity index (χ2v) is 7.40. The maximum absolute atomic E-state index is 13.5. The molecular weight excluding hydrogens is 401 g/mol. The van der Waals surface area contributed by atoms with E-state index in [9.17, 15) is 4.39 Å². The number of hydrogen-bond donors (Lipinski definition) is 1. The van der Waals surface area contributed by atoms with E-state index in [1.54, 1.807) is 18.3 Å². The molecule has 160 valence electrons. The SMILES string of the molecule is C=C1COC(c2nc(-c3ccc(F)cc3)c(-c3ccnc(N4CCOCC4)n3)[nH]2)OC1. The van der Waals surface area contributed by atoms with Crippen LogP contribution in [0.25, 0.3) is 22.6 Å². The topological polar surface area (TPSA) is 85.4 Å². The molecule has 1 N–H and O–H groups in total. The van der Waals surface area contributed by atoms with E-state index in [1.165, 1.54) is 12.1 Å². The average molecular weight is 423 g/mol. The quantitative estimate of drug-likeness (QED) is 0.646. The molecule has 2 saturated heterocycles. The van der Waals surface area contributed by atoms with Crippen LogP contribution < -0.4 is 4.90 Å². The molecule has 4 heterocycles. The number of nitrogens with one attached hydrogen (secondary N) is 1.